The highest BCUT2D eigenvalue weighted by Gasteiger charge is 2.16. The lowest BCUT2D eigenvalue weighted by atomic mass is 10.2. The number of halogens is 1. The van der Waals surface area contributed by atoms with Crippen LogP contribution in [-0.2, 0) is 11.3 Å². The molecule has 1 aromatic rings. The number of benzene rings is 1. The lowest BCUT2D eigenvalue weighted by molar-refractivity contribution is -0.385. The quantitative estimate of drug-likeness (QED) is 0.382. The Morgan fingerprint density at radius 3 is 2.75 bits per heavy atom. The maximum Gasteiger partial charge on any atom is 0.286 e. The Morgan fingerprint density at radius 1 is 1.56 bits per heavy atom. The summed E-state index contributed by atoms with van der Waals surface area (Å²) in [7, 11) is 1.44. The summed E-state index contributed by atoms with van der Waals surface area (Å²) in [6.07, 6.45) is 0. The van der Waals surface area contributed by atoms with E-state index in [2.05, 4.69) is 0 Å². The van der Waals surface area contributed by atoms with Gasteiger partial charge in [-0.15, -0.1) is 0 Å². The highest BCUT2D eigenvalue weighted by atomic mass is 127. The van der Waals surface area contributed by atoms with Crippen LogP contribution in [-0.4, -0.2) is 23.9 Å². The molecule has 0 radical (unpaired) electrons. The highest BCUT2D eigenvalue weighted by molar-refractivity contribution is 14.1. The maximum absolute atomic E-state index is 10.7. The van der Waals surface area contributed by atoms with Gasteiger partial charge in [-0.2, -0.15) is 0 Å². The van der Waals surface area contributed by atoms with Crippen LogP contribution in [0.5, 0.6) is 5.75 Å². The normalized spacial score (nSPS) is 10.2. The van der Waals surface area contributed by atoms with Gasteiger partial charge in [-0.3, -0.25) is 10.1 Å². The summed E-state index contributed by atoms with van der Waals surface area (Å²) in [5.41, 5.74) is 0.441. The zero-order valence-electron chi connectivity index (χ0n) is 8.47. The Bertz CT molecular complexity index is 396. The third-order valence-electron chi connectivity index (χ3n) is 1.83. The maximum atomic E-state index is 10.7. The van der Waals surface area contributed by atoms with Crippen molar-refractivity contribution in [2.75, 3.05) is 13.9 Å². The molecule has 0 aromatic heterocycles. The predicted molar refractivity (Wildman–Crippen MR) is 64.2 cm³/mol. The number of nitro groups is 1. The van der Waals surface area contributed by atoms with Crippen molar-refractivity contribution in [3.63, 3.8) is 0 Å². The number of methoxy groups -OCH3 is 1. The van der Waals surface area contributed by atoms with Crippen molar-refractivity contribution in [1.82, 2.24) is 0 Å². The molecule has 1 rings (SSSR count). The molecule has 16 heavy (non-hydrogen) atoms. The molecule has 1 aromatic carbocycles. The van der Waals surface area contributed by atoms with Crippen LogP contribution in [0, 0.1) is 13.7 Å². The zero-order valence-corrected chi connectivity index (χ0v) is 10.6. The van der Waals surface area contributed by atoms with Crippen molar-refractivity contribution in [2.24, 2.45) is 0 Å². The molecule has 7 heteroatoms. The largest absolute Gasteiger partial charge is 0.467 e. The second kappa shape index (κ2) is 5.97. The number of nitro benzene ring substituents is 1. The molecular formula is C9H10INO5. The summed E-state index contributed by atoms with van der Waals surface area (Å²) in [5.74, 6) is 0.261. The first kappa shape index (κ1) is 13.1. The number of hydrogen-bond donors (Lipinski definition) is 1. The van der Waals surface area contributed by atoms with Gasteiger partial charge in [-0.25, -0.2) is 0 Å². The fourth-order valence-electron chi connectivity index (χ4n) is 1.10. The molecule has 0 atom stereocenters. The van der Waals surface area contributed by atoms with Crippen LogP contribution >= 0.6 is 22.6 Å². The highest BCUT2D eigenvalue weighted by Crippen LogP contribution is 2.30. The lowest BCUT2D eigenvalue weighted by Gasteiger charge is -2.09. The van der Waals surface area contributed by atoms with Gasteiger partial charge in [-0.05, 0) is 28.7 Å². The number of hydrogen-bond acceptors (Lipinski definition) is 5. The van der Waals surface area contributed by atoms with Gasteiger partial charge in [0.1, 0.15) is 5.75 Å². The molecule has 1 N–H and O–H groups in total. The molecule has 0 spiro atoms. The van der Waals surface area contributed by atoms with Gasteiger partial charge in [0.25, 0.3) is 5.69 Å². The predicted octanol–water partition coefficient (Wildman–Crippen LogP) is 1.67. The van der Waals surface area contributed by atoms with Gasteiger partial charge < -0.3 is 14.6 Å². The van der Waals surface area contributed by atoms with E-state index in [-0.39, 0.29) is 24.8 Å². The number of aliphatic hydroxyl groups excluding tert-OH is 1. The summed E-state index contributed by atoms with van der Waals surface area (Å²) in [5, 5.41) is 19.8. The fraction of sp³-hybridized carbons (Fsp3) is 0.333. The van der Waals surface area contributed by atoms with Crippen LogP contribution in [0.15, 0.2) is 12.1 Å². The van der Waals surface area contributed by atoms with E-state index in [0.29, 0.717) is 9.13 Å². The van der Waals surface area contributed by atoms with Gasteiger partial charge >= 0.3 is 0 Å². The monoisotopic (exact) mass is 339 g/mol. The Morgan fingerprint density at radius 2 is 2.25 bits per heavy atom. The summed E-state index contributed by atoms with van der Waals surface area (Å²) < 4.78 is 10.3. The number of nitrogens with zero attached hydrogens (tertiary/aromatic N) is 1. The molecule has 0 unspecified atom stereocenters. The third kappa shape index (κ3) is 3.03. The Labute approximate surface area is 105 Å². The summed E-state index contributed by atoms with van der Waals surface area (Å²) in [6, 6.07) is 2.80. The molecular weight excluding hydrogens is 329 g/mol. The summed E-state index contributed by atoms with van der Waals surface area (Å²) >= 11 is 1.84. The van der Waals surface area contributed by atoms with E-state index in [1.807, 2.05) is 22.6 Å². The van der Waals surface area contributed by atoms with Crippen LogP contribution in [0.1, 0.15) is 5.56 Å². The minimum atomic E-state index is -0.497. The molecule has 0 aliphatic carbocycles. The molecule has 0 aliphatic rings. The third-order valence-corrected chi connectivity index (χ3v) is 2.69. The van der Waals surface area contributed by atoms with Crippen molar-refractivity contribution in [1.29, 1.82) is 0 Å². The number of rotatable bonds is 5. The fourth-order valence-corrected chi connectivity index (χ4v) is 1.83. The van der Waals surface area contributed by atoms with Crippen molar-refractivity contribution < 1.29 is 19.5 Å². The Hall–Kier alpha value is -0.930. The molecule has 88 valence electrons. The molecule has 0 bridgehead atoms. The average molecular weight is 339 g/mol. The van der Waals surface area contributed by atoms with E-state index in [1.54, 1.807) is 0 Å². The lowest BCUT2D eigenvalue weighted by Crippen LogP contribution is -2.03. The second-order valence-electron chi connectivity index (χ2n) is 2.88. The topological polar surface area (TPSA) is 81.8 Å². The molecule has 0 saturated carbocycles. The van der Waals surface area contributed by atoms with Gasteiger partial charge in [0.05, 0.1) is 21.2 Å². The average Bonchev–Trinajstić information content (AvgIpc) is 2.26. The summed E-state index contributed by atoms with van der Waals surface area (Å²) in [4.78, 5) is 10.2. The number of aliphatic hydroxyl groups is 1. The van der Waals surface area contributed by atoms with Gasteiger partial charge in [0.15, 0.2) is 6.79 Å². The summed E-state index contributed by atoms with van der Waals surface area (Å²) in [6.45, 7) is -0.266. The second-order valence-corrected chi connectivity index (χ2v) is 4.04. The van der Waals surface area contributed by atoms with Crippen molar-refractivity contribution in [2.45, 2.75) is 6.61 Å². The van der Waals surface area contributed by atoms with Crippen LogP contribution < -0.4 is 4.74 Å². The van der Waals surface area contributed by atoms with Crippen molar-refractivity contribution in [3.8, 4) is 5.75 Å². The van der Waals surface area contributed by atoms with Gasteiger partial charge in [-0.1, -0.05) is 0 Å². The molecule has 0 heterocycles. The molecule has 0 aliphatic heterocycles. The Kier molecular flexibility index (Phi) is 4.90. The van der Waals surface area contributed by atoms with Crippen LogP contribution in [0.3, 0.4) is 0 Å². The smallest absolute Gasteiger partial charge is 0.286 e. The van der Waals surface area contributed by atoms with E-state index in [9.17, 15) is 10.1 Å². The first-order chi connectivity index (χ1) is 7.60. The van der Waals surface area contributed by atoms with Gasteiger partial charge in [0, 0.05) is 12.7 Å². The SMILES string of the molecule is COCOc1cc([N+](=O)[O-])c(I)cc1CO. The molecule has 0 saturated heterocycles. The zero-order chi connectivity index (χ0) is 12.1. The van der Waals surface area contributed by atoms with Crippen LogP contribution in [0.25, 0.3) is 0 Å². The van der Waals surface area contributed by atoms with E-state index in [1.165, 1.54) is 19.2 Å². The van der Waals surface area contributed by atoms with Gasteiger partial charge in [0.2, 0.25) is 0 Å². The van der Waals surface area contributed by atoms with E-state index in [0.717, 1.165) is 0 Å². The first-order valence-electron chi connectivity index (χ1n) is 4.29. The van der Waals surface area contributed by atoms with Crippen LogP contribution in [0.4, 0.5) is 5.69 Å². The van der Waals surface area contributed by atoms with E-state index in [4.69, 9.17) is 14.6 Å². The first-order valence-corrected chi connectivity index (χ1v) is 5.37. The number of ether oxygens (including phenoxy) is 2. The van der Waals surface area contributed by atoms with E-state index < -0.39 is 4.92 Å². The molecule has 0 amide bonds. The molecule has 6 nitrogen and oxygen atoms in total. The minimum absolute atomic E-state index is 0.0231. The standard InChI is InChI=1S/C9H10INO5/c1-15-5-16-9-3-8(11(13)14)7(10)2-6(9)4-12/h2-3,12H,4-5H2,1H3. The molecule has 0 fully saturated rings. The van der Waals surface area contributed by atoms with Crippen LogP contribution in [0.2, 0.25) is 0 Å². The van der Waals surface area contributed by atoms with Crippen molar-refractivity contribution in [3.05, 3.63) is 31.4 Å². The minimum Gasteiger partial charge on any atom is -0.467 e. The Balaban J connectivity index is 3.12. The van der Waals surface area contributed by atoms with E-state index >= 15 is 0 Å². The van der Waals surface area contributed by atoms with Crippen molar-refractivity contribution >= 4 is 28.3 Å².